The molecule has 0 bridgehead atoms. The molecular formula is C15H12ClFN2O2. The fourth-order valence-electron chi connectivity index (χ4n) is 2.31. The molecule has 0 fully saturated rings. The molecule has 3 aromatic rings. The highest BCUT2D eigenvalue weighted by Crippen LogP contribution is 2.40. The van der Waals surface area contributed by atoms with Gasteiger partial charge >= 0.3 is 0 Å². The van der Waals surface area contributed by atoms with Gasteiger partial charge in [-0.2, -0.15) is 0 Å². The normalized spacial score (nSPS) is 11.0. The minimum absolute atomic E-state index is 0.0131. The molecule has 108 valence electrons. The van der Waals surface area contributed by atoms with Crippen molar-refractivity contribution in [3.8, 4) is 22.4 Å². The summed E-state index contributed by atoms with van der Waals surface area (Å²) in [6.07, 6.45) is 0. The Kier molecular flexibility index (Phi) is 3.22. The van der Waals surface area contributed by atoms with Gasteiger partial charge in [0, 0.05) is 11.1 Å². The summed E-state index contributed by atoms with van der Waals surface area (Å²) in [5, 5.41) is 3.95. The Labute approximate surface area is 125 Å². The SMILES string of the molecule is Cc1cc(-c2noc(N)c2-c2cccc(Cl)c2F)c(C)o1. The van der Waals surface area contributed by atoms with Crippen LogP contribution in [0.5, 0.6) is 0 Å². The quantitative estimate of drug-likeness (QED) is 0.752. The van der Waals surface area contributed by atoms with E-state index in [2.05, 4.69) is 5.16 Å². The lowest BCUT2D eigenvalue weighted by Gasteiger charge is -2.04. The third kappa shape index (κ3) is 2.19. The zero-order valence-electron chi connectivity index (χ0n) is 11.4. The van der Waals surface area contributed by atoms with Crippen LogP contribution in [0.15, 0.2) is 33.2 Å². The minimum atomic E-state index is -0.562. The molecule has 0 atom stereocenters. The molecule has 0 aliphatic rings. The van der Waals surface area contributed by atoms with E-state index in [0.29, 0.717) is 22.6 Å². The molecule has 0 amide bonds. The lowest BCUT2D eigenvalue weighted by Crippen LogP contribution is -1.91. The monoisotopic (exact) mass is 306 g/mol. The molecule has 0 aliphatic carbocycles. The second kappa shape index (κ2) is 4.93. The Morgan fingerprint density at radius 1 is 1.24 bits per heavy atom. The molecule has 0 saturated carbocycles. The van der Waals surface area contributed by atoms with Crippen LogP contribution in [0.2, 0.25) is 5.02 Å². The van der Waals surface area contributed by atoms with Gasteiger partial charge in [-0.25, -0.2) is 4.39 Å². The van der Waals surface area contributed by atoms with Crippen molar-refractivity contribution in [3.05, 3.63) is 46.6 Å². The Balaban J connectivity index is 2.27. The first-order chi connectivity index (χ1) is 9.99. The smallest absolute Gasteiger partial charge is 0.230 e. The van der Waals surface area contributed by atoms with Crippen molar-refractivity contribution in [2.75, 3.05) is 5.73 Å². The van der Waals surface area contributed by atoms with Crippen molar-refractivity contribution in [1.82, 2.24) is 5.16 Å². The summed E-state index contributed by atoms with van der Waals surface area (Å²) in [6, 6.07) is 6.50. The molecule has 3 rings (SSSR count). The summed E-state index contributed by atoms with van der Waals surface area (Å²) in [7, 11) is 0. The van der Waals surface area contributed by atoms with Crippen molar-refractivity contribution >= 4 is 17.5 Å². The molecule has 6 heteroatoms. The highest BCUT2D eigenvalue weighted by molar-refractivity contribution is 6.31. The molecule has 0 spiro atoms. The fraction of sp³-hybridized carbons (Fsp3) is 0.133. The number of nitrogens with two attached hydrogens (primary N) is 1. The van der Waals surface area contributed by atoms with Gasteiger partial charge in [-0.15, -0.1) is 0 Å². The van der Waals surface area contributed by atoms with Crippen molar-refractivity contribution < 1.29 is 13.3 Å². The number of hydrogen-bond donors (Lipinski definition) is 1. The highest BCUT2D eigenvalue weighted by Gasteiger charge is 2.23. The van der Waals surface area contributed by atoms with Crippen molar-refractivity contribution in [2.45, 2.75) is 13.8 Å². The lowest BCUT2D eigenvalue weighted by atomic mass is 10.0. The van der Waals surface area contributed by atoms with Crippen LogP contribution < -0.4 is 5.73 Å². The van der Waals surface area contributed by atoms with Gasteiger partial charge in [0.2, 0.25) is 5.88 Å². The lowest BCUT2D eigenvalue weighted by molar-refractivity contribution is 0.439. The second-order valence-electron chi connectivity index (χ2n) is 4.70. The van der Waals surface area contributed by atoms with Crippen LogP contribution in [0.4, 0.5) is 10.3 Å². The van der Waals surface area contributed by atoms with Crippen LogP contribution in [-0.4, -0.2) is 5.16 Å². The number of hydrogen-bond acceptors (Lipinski definition) is 4. The number of halogens is 2. The van der Waals surface area contributed by atoms with Gasteiger partial charge < -0.3 is 14.7 Å². The van der Waals surface area contributed by atoms with Crippen LogP contribution >= 0.6 is 11.6 Å². The molecule has 0 saturated heterocycles. The Bertz CT molecular complexity index is 823. The van der Waals surface area contributed by atoms with Gasteiger partial charge in [-0.3, -0.25) is 0 Å². The average Bonchev–Trinajstić information content (AvgIpc) is 2.96. The number of nitrogens with zero attached hydrogens (tertiary/aromatic N) is 1. The number of aryl methyl sites for hydroxylation is 2. The first kappa shape index (κ1) is 13.7. The van der Waals surface area contributed by atoms with Crippen LogP contribution in [0.3, 0.4) is 0 Å². The Morgan fingerprint density at radius 3 is 2.67 bits per heavy atom. The fourth-order valence-corrected chi connectivity index (χ4v) is 2.48. The topological polar surface area (TPSA) is 65.2 Å². The van der Waals surface area contributed by atoms with Gasteiger partial charge in [-0.1, -0.05) is 28.9 Å². The molecule has 2 aromatic heterocycles. The summed E-state index contributed by atoms with van der Waals surface area (Å²) in [6.45, 7) is 3.62. The molecular weight excluding hydrogens is 295 g/mol. The molecule has 0 aliphatic heterocycles. The third-order valence-electron chi connectivity index (χ3n) is 3.24. The number of rotatable bonds is 2. The van der Waals surface area contributed by atoms with Crippen molar-refractivity contribution in [3.63, 3.8) is 0 Å². The minimum Gasteiger partial charge on any atom is -0.466 e. The number of furan rings is 1. The van der Waals surface area contributed by atoms with E-state index in [9.17, 15) is 4.39 Å². The predicted molar refractivity (Wildman–Crippen MR) is 78.5 cm³/mol. The standard InChI is InChI=1S/C15H12ClFN2O2/c1-7-6-10(8(2)20-7)14-12(15(18)21-19-14)9-4-3-5-11(16)13(9)17/h3-6H,18H2,1-2H3. The summed E-state index contributed by atoms with van der Waals surface area (Å²) in [5.41, 5.74) is 7.58. The maximum absolute atomic E-state index is 14.3. The third-order valence-corrected chi connectivity index (χ3v) is 3.53. The van der Waals surface area contributed by atoms with Gasteiger partial charge in [0.15, 0.2) is 0 Å². The molecule has 4 nitrogen and oxygen atoms in total. The van der Waals surface area contributed by atoms with Crippen molar-refractivity contribution in [2.24, 2.45) is 0 Å². The van der Waals surface area contributed by atoms with E-state index >= 15 is 0 Å². The zero-order valence-corrected chi connectivity index (χ0v) is 12.2. The Morgan fingerprint density at radius 2 is 2.00 bits per heavy atom. The summed E-state index contributed by atoms with van der Waals surface area (Å²) >= 11 is 5.83. The van der Waals surface area contributed by atoms with E-state index in [1.54, 1.807) is 25.1 Å². The second-order valence-corrected chi connectivity index (χ2v) is 5.11. The maximum atomic E-state index is 14.3. The van der Waals surface area contributed by atoms with Gasteiger partial charge in [0.05, 0.1) is 10.6 Å². The summed E-state index contributed by atoms with van der Waals surface area (Å²) < 4.78 is 24.8. The van der Waals surface area contributed by atoms with Crippen LogP contribution in [0.25, 0.3) is 22.4 Å². The Hall–Kier alpha value is -2.27. The zero-order chi connectivity index (χ0) is 15.1. The van der Waals surface area contributed by atoms with E-state index in [0.717, 1.165) is 5.76 Å². The first-order valence-electron chi connectivity index (χ1n) is 6.26. The summed E-state index contributed by atoms with van der Waals surface area (Å²) in [5.74, 6) is 0.851. The number of benzene rings is 1. The number of nitrogen functional groups attached to an aromatic ring is 1. The molecule has 0 unspecified atom stereocenters. The number of aromatic nitrogens is 1. The van der Waals surface area contributed by atoms with E-state index in [1.165, 1.54) is 6.07 Å². The van der Waals surface area contributed by atoms with Crippen LogP contribution in [0.1, 0.15) is 11.5 Å². The van der Waals surface area contributed by atoms with E-state index in [4.69, 9.17) is 26.3 Å². The molecule has 2 N–H and O–H groups in total. The van der Waals surface area contributed by atoms with Gasteiger partial charge in [0.1, 0.15) is 23.0 Å². The highest BCUT2D eigenvalue weighted by atomic mass is 35.5. The summed E-state index contributed by atoms with van der Waals surface area (Å²) in [4.78, 5) is 0. The average molecular weight is 307 g/mol. The van der Waals surface area contributed by atoms with Gasteiger partial charge in [-0.05, 0) is 26.0 Å². The van der Waals surface area contributed by atoms with Crippen LogP contribution in [-0.2, 0) is 0 Å². The van der Waals surface area contributed by atoms with Crippen molar-refractivity contribution in [1.29, 1.82) is 0 Å². The molecule has 21 heavy (non-hydrogen) atoms. The maximum Gasteiger partial charge on any atom is 0.230 e. The van der Waals surface area contributed by atoms with E-state index in [-0.39, 0.29) is 16.5 Å². The molecule has 0 radical (unpaired) electrons. The predicted octanol–water partition coefficient (Wildman–Crippen LogP) is 4.59. The molecule has 1 aromatic carbocycles. The van der Waals surface area contributed by atoms with E-state index in [1.807, 2.05) is 6.92 Å². The first-order valence-corrected chi connectivity index (χ1v) is 6.63. The number of anilines is 1. The van der Waals surface area contributed by atoms with E-state index < -0.39 is 5.82 Å². The van der Waals surface area contributed by atoms with Gasteiger partial charge in [0.25, 0.3) is 0 Å². The molecule has 2 heterocycles. The largest absolute Gasteiger partial charge is 0.466 e. The van der Waals surface area contributed by atoms with Crippen LogP contribution in [0, 0.1) is 19.7 Å².